The average Bonchev–Trinajstić information content (AvgIpc) is 2.97. The number of benzene rings is 1. The number of alkyl halides is 3. The van der Waals surface area contributed by atoms with Crippen molar-refractivity contribution in [2.75, 3.05) is 18.1 Å². The Hall–Kier alpha value is -2.34. The molecular weight excluding hydrogens is 305 g/mol. The zero-order chi connectivity index (χ0) is 15.3. The number of nitriles is 1. The van der Waals surface area contributed by atoms with Crippen LogP contribution in [0.25, 0.3) is 0 Å². The van der Waals surface area contributed by atoms with E-state index in [9.17, 15) is 13.2 Å². The van der Waals surface area contributed by atoms with Gasteiger partial charge in [-0.15, -0.1) is 10.2 Å². The highest BCUT2D eigenvalue weighted by atomic mass is 32.1. The third-order valence-electron chi connectivity index (χ3n) is 2.47. The van der Waals surface area contributed by atoms with E-state index >= 15 is 0 Å². The number of hydrogen-bond acceptors (Lipinski definition) is 6. The van der Waals surface area contributed by atoms with Crippen molar-refractivity contribution in [1.29, 1.82) is 5.26 Å². The molecule has 0 fully saturated rings. The van der Waals surface area contributed by atoms with Crippen LogP contribution < -0.4 is 9.64 Å². The lowest BCUT2D eigenvalue weighted by Crippen LogP contribution is -2.23. The van der Waals surface area contributed by atoms with Gasteiger partial charge in [-0.25, -0.2) is 4.90 Å². The number of anilines is 1. The van der Waals surface area contributed by atoms with Crippen molar-refractivity contribution >= 4 is 16.5 Å². The van der Waals surface area contributed by atoms with Crippen LogP contribution in [0, 0.1) is 11.5 Å². The summed E-state index contributed by atoms with van der Waals surface area (Å²) >= 11 is 1.21. The summed E-state index contributed by atoms with van der Waals surface area (Å²) in [5.41, 5.74) is 0.762. The van der Waals surface area contributed by atoms with Crippen molar-refractivity contribution < 1.29 is 17.9 Å². The van der Waals surface area contributed by atoms with Gasteiger partial charge in [0.05, 0.1) is 12.1 Å². The van der Waals surface area contributed by atoms with Crippen LogP contribution in [-0.4, -0.2) is 23.3 Å². The van der Waals surface area contributed by atoms with E-state index < -0.39 is 11.7 Å². The van der Waals surface area contributed by atoms with Crippen LogP contribution in [0.15, 0.2) is 29.8 Å². The highest BCUT2D eigenvalue weighted by Crippen LogP contribution is 2.30. The molecule has 0 aliphatic heterocycles. The van der Waals surface area contributed by atoms with Crippen molar-refractivity contribution in [3.05, 3.63) is 35.3 Å². The van der Waals surface area contributed by atoms with Crippen molar-refractivity contribution in [3.63, 3.8) is 0 Å². The summed E-state index contributed by atoms with van der Waals surface area (Å²) < 4.78 is 42.5. The van der Waals surface area contributed by atoms with Crippen molar-refractivity contribution in [2.24, 2.45) is 0 Å². The molecule has 110 valence electrons. The molecule has 0 N–H and O–H groups in total. The minimum Gasteiger partial charge on any atom is -0.492 e. The molecule has 9 heteroatoms. The molecule has 0 amide bonds. The topological polar surface area (TPSA) is 62.0 Å². The van der Waals surface area contributed by atoms with E-state index in [4.69, 9.17) is 10.00 Å². The molecule has 5 nitrogen and oxygen atoms in total. The smallest absolute Gasteiger partial charge is 0.416 e. The van der Waals surface area contributed by atoms with Crippen LogP contribution in [0.5, 0.6) is 5.75 Å². The minimum absolute atomic E-state index is 0.137. The molecule has 1 heterocycles. The molecule has 2 aromatic rings. The first-order valence-corrected chi connectivity index (χ1v) is 6.62. The maximum absolute atomic E-state index is 12.4. The van der Waals surface area contributed by atoms with E-state index in [1.807, 2.05) is 6.19 Å². The van der Waals surface area contributed by atoms with E-state index in [1.165, 1.54) is 33.9 Å². The van der Waals surface area contributed by atoms with Gasteiger partial charge >= 0.3 is 6.18 Å². The second kappa shape index (κ2) is 6.41. The van der Waals surface area contributed by atoms with E-state index in [-0.39, 0.29) is 13.2 Å². The number of rotatable bonds is 5. The molecule has 0 saturated heterocycles. The summed E-state index contributed by atoms with van der Waals surface area (Å²) in [6.45, 7) is 0.366. The lowest BCUT2D eigenvalue weighted by molar-refractivity contribution is -0.137. The van der Waals surface area contributed by atoms with E-state index in [2.05, 4.69) is 10.2 Å². The fraction of sp³-hybridized carbons (Fsp3) is 0.250. The SMILES string of the molecule is N#CN(CCOc1ccc(C(F)(F)F)cc1)c1nncs1. The Bertz CT molecular complexity index is 607. The summed E-state index contributed by atoms with van der Waals surface area (Å²) in [6, 6.07) is 4.37. The third kappa shape index (κ3) is 4.06. The van der Waals surface area contributed by atoms with Gasteiger partial charge in [0, 0.05) is 0 Å². The molecule has 0 atom stereocenters. The number of halogens is 3. The van der Waals surface area contributed by atoms with Crippen molar-refractivity contribution in [2.45, 2.75) is 6.18 Å². The van der Waals surface area contributed by atoms with Crippen LogP contribution >= 0.6 is 11.3 Å². The van der Waals surface area contributed by atoms with Crippen molar-refractivity contribution in [1.82, 2.24) is 10.2 Å². The first-order chi connectivity index (χ1) is 10.0. The quantitative estimate of drug-likeness (QED) is 0.627. The second-order valence-electron chi connectivity index (χ2n) is 3.84. The lowest BCUT2D eigenvalue weighted by atomic mass is 10.2. The average molecular weight is 314 g/mol. The van der Waals surface area contributed by atoms with Gasteiger partial charge in [-0.2, -0.15) is 18.4 Å². The van der Waals surface area contributed by atoms with Crippen LogP contribution in [0.2, 0.25) is 0 Å². The zero-order valence-electron chi connectivity index (χ0n) is 10.5. The fourth-order valence-corrected chi connectivity index (χ4v) is 2.01. The molecule has 0 unspecified atom stereocenters. The van der Waals surface area contributed by atoms with Gasteiger partial charge in [0.2, 0.25) is 5.13 Å². The zero-order valence-corrected chi connectivity index (χ0v) is 11.4. The summed E-state index contributed by atoms with van der Waals surface area (Å²) in [5.74, 6) is 0.304. The molecule has 0 spiro atoms. The molecule has 0 radical (unpaired) electrons. The molecule has 0 saturated carbocycles. The Kier molecular flexibility index (Phi) is 4.59. The normalized spacial score (nSPS) is 11.0. The first-order valence-electron chi connectivity index (χ1n) is 5.74. The largest absolute Gasteiger partial charge is 0.492 e. The van der Waals surface area contributed by atoms with E-state index in [1.54, 1.807) is 0 Å². The Balaban J connectivity index is 1.88. The Labute approximate surface area is 122 Å². The number of ether oxygens (including phenoxy) is 1. The van der Waals surface area contributed by atoms with Gasteiger partial charge < -0.3 is 4.74 Å². The van der Waals surface area contributed by atoms with Gasteiger partial charge in [-0.3, -0.25) is 0 Å². The maximum Gasteiger partial charge on any atom is 0.416 e. The first kappa shape index (κ1) is 15.1. The van der Waals surface area contributed by atoms with E-state index in [0.717, 1.165) is 12.1 Å². The Morgan fingerprint density at radius 1 is 1.29 bits per heavy atom. The van der Waals surface area contributed by atoms with E-state index in [0.29, 0.717) is 10.9 Å². The number of nitrogens with zero attached hydrogens (tertiary/aromatic N) is 4. The molecule has 2 rings (SSSR count). The minimum atomic E-state index is -4.37. The predicted molar refractivity (Wildman–Crippen MR) is 69.8 cm³/mol. The molecular formula is C12H9F3N4OS. The molecule has 0 aliphatic carbocycles. The fourth-order valence-electron chi connectivity index (χ4n) is 1.47. The molecule has 1 aromatic heterocycles. The van der Waals surface area contributed by atoms with Gasteiger partial charge in [-0.1, -0.05) is 11.3 Å². The summed E-state index contributed by atoms with van der Waals surface area (Å²) in [5, 5.41) is 16.8. The van der Waals surface area contributed by atoms with Crippen molar-refractivity contribution in [3.8, 4) is 11.9 Å². The van der Waals surface area contributed by atoms with Crippen LogP contribution in [-0.2, 0) is 6.18 Å². The van der Waals surface area contributed by atoms with Gasteiger partial charge in [0.25, 0.3) is 0 Å². The summed E-state index contributed by atoms with van der Waals surface area (Å²) in [7, 11) is 0. The maximum atomic E-state index is 12.4. The molecule has 1 aromatic carbocycles. The highest BCUT2D eigenvalue weighted by molar-refractivity contribution is 7.13. The predicted octanol–water partition coefficient (Wildman–Crippen LogP) is 2.92. The van der Waals surface area contributed by atoms with Gasteiger partial charge in [0.15, 0.2) is 6.19 Å². The van der Waals surface area contributed by atoms with Gasteiger partial charge in [-0.05, 0) is 24.3 Å². The van der Waals surface area contributed by atoms with Crippen LogP contribution in [0.1, 0.15) is 5.56 Å². The Morgan fingerprint density at radius 3 is 2.52 bits per heavy atom. The molecule has 0 bridgehead atoms. The summed E-state index contributed by atoms with van der Waals surface area (Å²) in [6.07, 6.45) is -2.43. The monoisotopic (exact) mass is 314 g/mol. The van der Waals surface area contributed by atoms with Gasteiger partial charge in [0.1, 0.15) is 17.9 Å². The Morgan fingerprint density at radius 2 is 2.00 bits per heavy atom. The second-order valence-corrected chi connectivity index (χ2v) is 4.66. The third-order valence-corrected chi connectivity index (χ3v) is 3.18. The van der Waals surface area contributed by atoms with Crippen LogP contribution in [0.3, 0.4) is 0 Å². The number of aromatic nitrogens is 2. The van der Waals surface area contributed by atoms with Crippen LogP contribution in [0.4, 0.5) is 18.3 Å². The lowest BCUT2D eigenvalue weighted by Gasteiger charge is -2.13. The highest BCUT2D eigenvalue weighted by Gasteiger charge is 2.29. The number of hydrogen-bond donors (Lipinski definition) is 0. The summed E-state index contributed by atoms with van der Waals surface area (Å²) in [4.78, 5) is 1.29. The molecule has 21 heavy (non-hydrogen) atoms. The molecule has 0 aliphatic rings. The standard InChI is InChI=1S/C12H9F3N4OS/c13-12(14,15)9-1-3-10(4-2-9)20-6-5-19(7-16)11-18-17-8-21-11/h1-4,8H,5-6H2.